The Bertz CT molecular complexity index is 153. The van der Waals surface area contributed by atoms with Crippen molar-refractivity contribution in [3.8, 4) is 0 Å². The minimum Gasteiger partial charge on any atom is -0.102 e. The van der Waals surface area contributed by atoms with Gasteiger partial charge in [-0.3, -0.25) is 0 Å². The molecular formula is C6H8P2. The van der Waals surface area contributed by atoms with Crippen LogP contribution in [0.15, 0.2) is 30.3 Å². The van der Waals surface area contributed by atoms with Gasteiger partial charge >= 0.3 is 0 Å². The Hall–Kier alpha value is -0.0500. The maximum absolute atomic E-state index is 3.69. The van der Waals surface area contributed by atoms with Crippen LogP contribution in [-0.2, 0) is 6.16 Å². The van der Waals surface area contributed by atoms with E-state index in [0.29, 0.717) is 0 Å². The second-order valence-corrected chi connectivity index (χ2v) is 5.82. The molecule has 1 atom stereocenters. The molecule has 1 aromatic rings. The van der Waals surface area contributed by atoms with Crippen molar-refractivity contribution >= 4 is 15.1 Å². The van der Waals surface area contributed by atoms with E-state index in [4.69, 9.17) is 0 Å². The molecule has 1 rings (SSSR count). The van der Waals surface area contributed by atoms with E-state index < -0.39 is 0 Å². The fraction of sp³-hybridized carbons (Fsp3) is 0.167. The SMILES string of the molecule is C=CCp1cccp1. The molecule has 0 fully saturated rings. The molecule has 8 heavy (non-hydrogen) atoms. The molecule has 0 bridgehead atoms. The van der Waals surface area contributed by atoms with Crippen molar-refractivity contribution in [2.45, 2.75) is 6.16 Å². The Morgan fingerprint density at radius 3 is 3.12 bits per heavy atom. The average Bonchev–Trinajstić information content (AvgIpc) is 2.19. The standard InChI is InChI=1S/C6H8P2/c1-2-5-8-6-3-4-7-8/h2-4,6H,1,5H2. The van der Waals surface area contributed by atoms with Gasteiger partial charge in [0.1, 0.15) is 0 Å². The van der Waals surface area contributed by atoms with Crippen LogP contribution in [0.1, 0.15) is 0 Å². The van der Waals surface area contributed by atoms with E-state index in [9.17, 15) is 0 Å². The topological polar surface area (TPSA) is 0 Å². The zero-order valence-corrected chi connectivity index (χ0v) is 6.41. The molecule has 0 aromatic carbocycles. The van der Waals surface area contributed by atoms with Crippen LogP contribution in [0, 0.1) is 0 Å². The predicted octanol–water partition coefficient (Wildman–Crippen LogP) is 3.44. The van der Waals surface area contributed by atoms with Gasteiger partial charge in [0.2, 0.25) is 0 Å². The molecule has 2 heteroatoms. The summed E-state index contributed by atoms with van der Waals surface area (Å²) in [4.78, 5) is 0. The molecule has 0 saturated carbocycles. The minimum atomic E-state index is 0.173. The first-order valence-corrected chi connectivity index (χ1v) is 5.78. The molecule has 1 unspecified atom stereocenters. The highest BCUT2D eigenvalue weighted by Gasteiger charge is 1.83. The first-order chi connectivity index (χ1) is 3.93. The van der Waals surface area contributed by atoms with Gasteiger partial charge in [0, 0.05) is 6.16 Å². The fourth-order valence-electron chi connectivity index (χ4n) is 0.541. The summed E-state index contributed by atoms with van der Waals surface area (Å²) in [6.07, 6.45) is 3.19. The third-order valence-corrected chi connectivity index (χ3v) is 4.81. The van der Waals surface area contributed by atoms with Gasteiger partial charge in [-0.05, 0) is 11.6 Å². The van der Waals surface area contributed by atoms with Gasteiger partial charge in [-0.2, -0.15) is 0 Å². The lowest BCUT2D eigenvalue weighted by Gasteiger charge is -1.83. The first-order valence-electron chi connectivity index (χ1n) is 2.52. The Labute approximate surface area is 52.3 Å². The van der Waals surface area contributed by atoms with Crippen LogP contribution in [0.4, 0.5) is 0 Å². The van der Waals surface area contributed by atoms with Gasteiger partial charge in [0.15, 0.2) is 0 Å². The van der Waals surface area contributed by atoms with E-state index in [1.165, 1.54) is 14.0 Å². The van der Waals surface area contributed by atoms with Crippen molar-refractivity contribution < 1.29 is 0 Å². The van der Waals surface area contributed by atoms with Crippen LogP contribution >= 0.6 is 15.1 Å². The Balaban J connectivity index is 2.62. The molecule has 0 N–H and O–H groups in total. The van der Waals surface area contributed by atoms with E-state index >= 15 is 0 Å². The third-order valence-electron chi connectivity index (χ3n) is 0.875. The van der Waals surface area contributed by atoms with E-state index in [1.807, 2.05) is 6.08 Å². The van der Waals surface area contributed by atoms with Gasteiger partial charge in [-0.1, -0.05) is 27.2 Å². The van der Waals surface area contributed by atoms with Crippen LogP contribution in [-0.4, -0.2) is 0 Å². The zero-order chi connectivity index (χ0) is 5.82. The zero-order valence-electron chi connectivity index (χ0n) is 4.62. The molecule has 42 valence electrons. The predicted molar refractivity (Wildman–Crippen MR) is 41.9 cm³/mol. The quantitative estimate of drug-likeness (QED) is 0.555. The Kier molecular flexibility index (Phi) is 2.33. The molecule has 1 heterocycles. The Morgan fingerprint density at radius 2 is 2.62 bits per heavy atom. The number of rotatable bonds is 2. The Morgan fingerprint density at radius 1 is 1.75 bits per heavy atom. The smallest absolute Gasteiger partial charge is 0.00772 e. The number of hydrogen-bond donors (Lipinski definition) is 0. The van der Waals surface area contributed by atoms with Gasteiger partial charge in [-0.15, -0.1) is 6.58 Å². The van der Waals surface area contributed by atoms with Crippen LogP contribution in [0.3, 0.4) is 0 Å². The second kappa shape index (κ2) is 3.07. The summed E-state index contributed by atoms with van der Waals surface area (Å²) >= 11 is 0. The van der Waals surface area contributed by atoms with E-state index in [0.717, 1.165) is 0 Å². The lowest BCUT2D eigenvalue weighted by atomic mass is 10.8. The van der Waals surface area contributed by atoms with Crippen LogP contribution in [0.25, 0.3) is 0 Å². The highest BCUT2D eigenvalue weighted by Crippen LogP contribution is 2.39. The molecule has 0 aliphatic carbocycles. The third kappa shape index (κ3) is 1.47. The fourth-order valence-corrected chi connectivity index (χ4v) is 3.69. The molecular weight excluding hydrogens is 134 g/mol. The normalized spacial score (nSPS) is 12.2. The van der Waals surface area contributed by atoms with Crippen molar-refractivity contribution in [3.63, 3.8) is 0 Å². The number of allylic oxidation sites excluding steroid dienone is 1. The number of hydrogen-bond acceptors (Lipinski definition) is 0. The van der Waals surface area contributed by atoms with Crippen molar-refractivity contribution in [2.24, 2.45) is 0 Å². The monoisotopic (exact) mass is 142 g/mol. The minimum absolute atomic E-state index is 0.173. The van der Waals surface area contributed by atoms with Crippen molar-refractivity contribution in [1.29, 1.82) is 0 Å². The van der Waals surface area contributed by atoms with Gasteiger partial charge in [0.25, 0.3) is 0 Å². The summed E-state index contributed by atoms with van der Waals surface area (Å²) in [7, 11) is 1.67. The highest BCUT2D eigenvalue weighted by molar-refractivity contribution is 7.99. The molecule has 0 nitrogen and oxygen atoms in total. The van der Waals surface area contributed by atoms with Gasteiger partial charge in [-0.25, -0.2) is 0 Å². The molecule has 0 amide bonds. The van der Waals surface area contributed by atoms with E-state index in [-0.39, 0.29) is 7.21 Å². The summed E-state index contributed by atoms with van der Waals surface area (Å²) in [5.74, 6) is 4.49. The summed E-state index contributed by atoms with van der Waals surface area (Å²) in [6, 6.07) is 2.15. The summed E-state index contributed by atoms with van der Waals surface area (Å²) < 4.78 is 0. The largest absolute Gasteiger partial charge is 0.102 e. The lowest BCUT2D eigenvalue weighted by Crippen LogP contribution is -1.47. The molecule has 0 spiro atoms. The molecule has 0 radical (unpaired) electrons. The average molecular weight is 142 g/mol. The van der Waals surface area contributed by atoms with Crippen molar-refractivity contribution in [2.75, 3.05) is 0 Å². The molecule has 0 saturated heterocycles. The van der Waals surface area contributed by atoms with Crippen LogP contribution < -0.4 is 0 Å². The maximum Gasteiger partial charge on any atom is 0.00772 e. The summed E-state index contributed by atoms with van der Waals surface area (Å²) in [5.41, 5.74) is 0. The van der Waals surface area contributed by atoms with E-state index in [2.05, 4.69) is 24.2 Å². The summed E-state index contributed by atoms with van der Waals surface area (Å²) in [5, 5.41) is 0. The van der Waals surface area contributed by atoms with Crippen molar-refractivity contribution in [1.82, 2.24) is 0 Å². The molecule has 0 aliphatic rings. The van der Waals surface area contributed by atoms with E-state index in [1.54, 1.807) is 0 Å². The maximum atomic E-state index is 3.69. The summed E-state index contributed by atoms with van der Waals surface area (Å²) in [6.45, 7) is 3.69. The lowest BCUT2D eigenvalue weighted by molar-refractivity contribution is 1.65. The van der Waals surface area contributed by atoms with Crippen molar-refractivity contribution in [3.05, 3.63) is 30.3 Å². The molecule has 0 aliphatic heterocycles. The molecule has 1 aromatic heterocycles. The first kappa shape index (κ1) is 6.08. The van der Waals surface area contributed by atoms with Gasteiger partial charge in [0.05, 0.1) is 0 Å². The van der Waals surface area contributed by atoms with Crippen LogP contribution in [0.2, 0.25) is 0 Å². The second-order valence-electron chi connectivity index (χ2n) is 1.52. The van der Waals surface area contributed by atoms with Crippen LogP contribution in [0.5, 0.6) is 0 Å². The highest BCUT2D eigenvalue weighted by atomic mass is 31.9. The van der Waals surface area contributed by atoms with Gasteiger partial charge < -0.3 is 0 Å².